The van der Waals surface area contributed by atoms with E-state index in [2.05, 4.69) is 10.3 Å². The van der Waals surface area contributed by atoms with E-state index in [4.69, 9.17) is 9.47 Å². The third-order valence-corrected chi connectivity index (χ3v) is 3.86. The molecule has 6 nitrogen and oxygen atoms in total. The number of benzene rings is 2. The van der Waals surface area contributed by atoms with Crippen LogP contribution in [0.3, 0.4) is 0 Å². The molecule has 0 saturated heterocycles. The molecular weight excluding hydrogens is 330 g/mol. The van der Waals surface area contributed by atoms with Gasteiger partial charge in [0.1, 0.15) is 11.4 Å². The lowest BCUT2D eigenvalue weighted by molar-refractivity contribution is -0.133. The highest BCUT2D eigenvalue weighted by molar-refractivity contribution is 6.20. The van der Waals surface area contributed by atoms with E-state index in [0.717, 1.165) is 16.9 Å². The van der Waals surface area contributed by atoms with Gasteiger partial charge < -0.3 is 9.47 Å². The third-order valence-electron chi connectivity index (χ3n) is 3.86. The lowest BCUT2D eigenvalue weighted by atomic mass is 10.1. The predicted molar refractivity (Wildman–Crippen MR) is 98.4 cm³/mol. The SMILES string of the molecule is COC(=O)C(=Cc1ccccc1)c1cn(Cc2ccccc2OC)nn1. The van der Waals surface area contributed by atoms with Crippen LogP contribution in [0.4, 0.5) is 0 Å². The van der Waals surface area contributed by atoms with Crippen molar-refractivity contribution in [1.82, 2.24) is 15.0 Å². The number of para-hydroxylation sites is 1. The van der Waals surface area contributed by atoms with Gasteiger partial charge in [0.15, 0.2) is 0 Å². The molecule has 26 heavy (non-hydrogen) atoms. The van der Waals surface area contributed by atoms with Crippen molar-refractivity contribution in [3.63, 3.8) is 0 Å². The van der Waals surface area contributed by atoms with Crippen molar-refractivity contribution in [2.75, 3.05) is 14.2 Å². The number of aromatic nitrogens is 3. The summed E-state index contributed by atoms with van der Waals surface area (Å²) in [6.07, 6.45) is 3.46. The molecule has 0 aliphatic rings. The molecule has 1 heterocycles. The zero-order chi connectivity index (χ0) is 18.4. The largest absolute Gasteiger partial charge is 0.496 e. The highest BCUT2D eigenvalue weighted by Crippen LogP contribution is 2.20. The second-order valence-corrected chi connectivity index (χ2v) is 5.57. The van der Waals surface area contributed by atoms with Gasteiger partial charge in [-0.1, -0.05) is 53.7 Å². The van der Waals surface area contributed by atoms with Gasteiger partial charge >= 0.3 is 5.97 Å². The first-order valence-corrected chi connectivity index (χ1v) is 8.08. The van der Waals surface area contributed by atoms with Crippen LogP contribution in [0.1, 0.15) is 16.8 Å². The fourth-order valence-corrected chi connectivity index (χ4v) is 2.57. The maximum atomic E-state index is 12.2. The molecule has 3 rings (SSSR count). The van der Waals surface area contributed by atoms with Crippen molar-refractivity contribution in [3.05, 3.63) is 77.6 Å². The first-order valence-electron chi connectivity index (χ1n) is 8.08. The molecule has 0 unspecified atom stereocenters. The molecule has 0 aliphatic heterocycles. The topological polar surface area (TPSA) is 66.2 Å². The Balaban J connectivity index is 1.90. The molecule has 0 radical (unpaired) electrons. The van der Waals surface area contributed by atoms with E-state index < -0.39 is 5.97 Å². The summed E-state index contributed by atoms with van der Waals surface area (Å²) >= 11 is 0. The molecular formula is C20H19N3O3. The molecule has 0 bridgehead atoms. The van der Waals surface area contributed by atoms with Crippen LogP contribution in [0.2, 0.25) is 0 Å². The minimum atomic E-state index is -0.460. The Hall–Kier alpha value is -3.41. The van der Waals surface area contributed by atoms with E-state index in [1.54, 1.807) is 24.1 Å². The Morgan fingerprint density at radius 2 is 1.81 bits per heavy atom. The maximum absolute atomic E-state index is 12.2. The number of hydrogen-bond acceptors (Lipinski definition) is 5. The summed E-state index contributed by atoms with van der Waals surface area (Å²) in [5, 5.41) is 8.27. The summed E-state index contributed by atoms with van der Waals surface area (Å²) in [4.78, 5) is 12.2. The van der Waals surface area contributed by atoms with Crippen LogP contribution >= 0.6 is 0 Å². The number of nitrogens with zero attached hydrogens (tertiary/aromatic N) is 3. The van der Waals surface area contributed by atoms with Crippen molar-refractivity contribution in [2.45, 2.75) is 6.54 Å². The molecule has 0 amide bonds. The van der Waals surface area contributed by atoms with Crippen LogP contribution in [0.25, 0.3) is 11.6 Å². The Morgan fingerprint density at radius 3 is 2.54 bits per heavy atom. The molecule has 6 heteroatoms. The second-order valence-electron chi connectivity index (χ2n) is 5.57. The third kappa shape index (κ3) is 3.97. The fourth-order valence-electron chi connectivity index (χ4n) is 2.57. The van der Waals surface area contributed by atoms with E-state index in [1.807, 2.05) is 54.6 Å². The van der Waals surface area contributed by atoms with Gasteiger partial charge in [-0.25, -0.2) is 9.48 Å². The van der Waals surface area contributed by atoms with Crippen LogP contribution in [0.15, 0.2) is 60.8 Å². The lowest BCUT2D eigenvalue weighted by Gasteiger charge is -2.07. The van der Waals surface area contributed by atoms with Crippen LogP contribution in [0.5, 0.6) is 5.75 Å². The summed E-state index contributed by atoms with van der Waals surface area (Å²) in [7, 11) is 2.98. The summed E-state index contributed by atoms with van der Waals surface area (Å²) in [5.74, 6) is 0.316. The van der Waals surface area contributed by atoms with Gasteiger partial charge in [-0.2, -0.15) is 0 Å². The highest BCUT2D eigenvalue weighted by atomic mass is 16.5. The van der Waals surface area contributed by atoms with E-state index >= 15 is 0 Å². The molecule has 1 aromatic heterocycles. The summed E-state index contributed by atoms with van der Waals surface area (Å²) in [6, 6.07) is 17.2. The zero-order valence-electron chi connectivity index (χ0n) is 14.6. The van der Waals surface area contributed by atoms with Gasteiger partial charge in [0.05, 0.1) is 32.5 Å². The molecule has 132 valence electrons. The molecule has 3 aromatic rings. The lowest BCUT2D eigenvalue weighted by Crippen LogP contribution is -2.04. The Morgan fingerprint density at radius 1 is 1.08 bits per heavy atom. The zero-order valence-corrected chi connectivity index (χ0v) is 14.6. The van der Waals surface area contributed by atoms with Gasteiger partial charge in [0.25, 0.3) is 0 Å². The smallest absolute Gasteiger partial charge is 0.340 e. The number of carbonyl (C=O) groups excluding carboxylic acids is 1. The maximum Gasteiger partial charge on any atom is 0.340 e. The van der Waals surface area contributed by atoms with E-state index in [-0.39, 0.29) is 0 Å². The van der Waals surface area contributed by atoms with Crippen molar-refractivity contribution in [2.24, 2.45) is 0 Å². The molecule has 0 fully saturated rings. The fraction of sp³-hybridized carbons (Fsp3) is 0.150. The van der Waals surface area contributed by atoms with E-state index in [1.165, 1.54) is 7.11 Å². The summed E-state index contributed by atoms with van der Waals surface area (Å²) in [5.41, 5.74) is 2.66. The van der Waals surface area contributed by atoms with Crippen LogP contribution in [0, 0.1) is 0 Å². The van der Waals surface area contributed by atoms with Gasteiger partial charge in [0.2, 0.25) is 0 Å². The van der Waals surface area contributed by atoms with Crippen molar-refractivity contribution < 1.29 is 14.3 Å². The van der Waals surface area contributed by atoms with Gasteiger partial charge in [-0.3, -0.25) is 0 Å². The number of methoxy groups -OCH3 is 2. The number of esters is 1. The Bertz CT molecular complexity index is 917. The minimum absolute atomic E-state index is 0.352. The number of rotatable bonds is 6. The normalized spacial score (nSPS) is 11.2. The minimum Gasteiger partial charge on any atom is -0.496 e. The van der Waals surface area contributed by atoms with E-state index in [0.29, 0.717) is 17.8 Å². The van der Waals surface area contributed by atoms with Crippen LogP contribution < -0.4 is 4.74 Å². The number of carbonyl (C=O) groups is 1. The monoisotopic (exact) mass is 349 g/mol. The summed E-state index contributed by atoms with van der Waals surface area (Å²) < 4.78 is 11.9. The molecule has 2 aromatic carbocycles. The molecule has 0 spiro atoms. The molecule has 0 aliphatic carbocycles. The highest BCUT2D eigenvalue weighted by Gasteiger charge is 2.17. The van der Waals surface area contributed by atoms with Crippen molar-refractivity contribution in [1.29, 1.82) is 0 Å². The Labute approximate surface area is 151 Å². The number of ether oxygens (including phenoxy) is 2. The first-order chi connectivity index (χ1) is 12.7. The molecule has 0 saturated carbocycles. The average molecular weight is 349 g/mol. The number of hydrogen-bond donors (Lipinski definition) is 0. The van der Waals surface area contributed by atoms with Crippen molar-refractivity contribution in [3.8, 4) is 5.75 Å². The predicted octanol–water partition coefficient (Wildman–Crippen LogP) is 3.05. The van der Waals surface area contributed by atoms with Gasteiger partial charge in [0, 0.05) is 5.56 Å². The van der Waals surface area contributed by atoms with E-state index in [9.17, 15) is 4.79 Å². The second kappa shape index (κ2) is 8.11. The standard InChI is InChI=1S/C20H19N3O3/c1-25-19-11-7-6-10-16(19)13-23-14-18(21-22-23)17(20(24)26-2)12-15-8-4-3-5-9-15/h3-12,14H,13H2,1-2H3. The van der Waals surface area contributed by atoms with Crippen molar-refractivity contribution >= 4 is 17.6 Å². The summed E-state index contributed by atoms with van der Waals surface area (Å²) in [6.45, 7) is 0.483. The average Bonchev–Trinajstić information content (AvgIpc) is 3.15. The van der Waals surface area contributed by atoms with Gasteiger partial charge in [-0.05, 0) is 17.7 Å². The molecule has 0 N–H and O–H groups in total. The van der Waals surface area contributed by atoms with Crippen LogP contribution in [-0.2, 0) is 16.1 Å². The quantitative estimate of drug-likeness (QED) is 0.505. The molecule has 0 atom stereocenters. The Kier molecular flexibility index (Phi) is 5.43. The van der Waals surface area contributed by atoms with Gasteiger partial charge in [-0.15, -0.1) is 5.10 Å². The first kappa shape index (κ1) is 17.4. The van der Waals surface area contributed by atoms with Crippen LogP contribution in [-0.4, -0.2) is 35.2 Å².